The molecule has 1 heterocycles. The van der Waals surface area contributed by atoms with Crippen molar-refractivity contribution in [2.45, 2.75) is 10.3 Å². The van der Waals surface area contributed by atoms with E-state index in [0.29, 0.717) is 6.42 Å². The van der Waals surface area contributed by atoms with Gasteiger partial charge < -0.3 is 4.74 Å². The average molecular weight is 398 g/mol. The number of rotatable bonds is 7. The fraction of sp³-hybridized carbons (Fsp3) is 0.455. The van der Waals surface area contributed by atoms with Crippen LogP contribution >= 0.6 is 22.6 Å². The van der Waals surface area contributed by atoms with Crippen LogP contribution in [0.25, 0.3) is 0 Å². The Morgan fingerprint density at radius 2 is 2.11 bits per heavy atom. The first-order valence-electron chi connectivity index (χ1n) is 5.53. The summed E-state index contributed by atoms with van der Waals surface area (Å²) in [6.07, 6.45) is 3.64. The lowest BCUT2D eigenvalue weighted by Crippen LogP contribution is -2.35. The quantitative estimate of drug-likeness (QED) is 0.411. The molecule has 1 unspecified atom stereocenters. The Morgan fingerprint density at radius 3 is 2.68 bits per heavy atom. The fourth-order valence-corrected chi connectivity index (χ4v) is 3.13. The lowest BCUT2D eigenvalue weighted by molar-refractivity contribution is -0.139. The van der Waals surface area contributed by atoms with Crippen LogP contribution in [0.4, 0.5) is 0 Å². The maximum Gasteiger partial charge on any atom is 0.319 e. The molecule has 8 heteroatoms. The molecule has 1 N–H and O–H groups in total. The van der Waals surface area contributed by atoms with E-state index >= 15 is 0 Å². The molecule has 0 spiro atoms. The third-order valence-corrected chi connectivity index (χ3v) is 4.65. The van der Waals surface area contributed by atoms with Gasteiger partial charge in [0.25, 0.3) is 0 Å². The van der Waals surface area contributed by atoms with Crippen LogP contribution in [0.2, 0.25) is 0 Å². The molecule has 1 aromatic rings. The van der Waals surface area contributed by atoms with Crippen LogP contribution in [0, 0.1) is 0 Å². The van der Waals surface area contributed by atoms with Crippen LogP contribution in [0.15, 0.2) is 24.5 Å². The van der Waals surface area contributed by atoms with Crippen molar-refractivity contribution >= 4 is 38.6 Å². The summed E-state index contributed by atoms with van der Waals surface area (Å²) in [6, 6.07) is 3.54. The highest BCUT2D eigenvalue weighted by Gasteiger charge is 2.18. The Hall–Kier alpha value is -0.740. The molecule has 6 nitrogen and oxygen atoms in total. The number of aryl methyl sites for hydroxylation is 1. The van der Waals surface area contributed by atoms with Gasteiger partial charge in [-0.3, -0.25) is 9.78 Å². The number of hydrogen-bond donors (Lipinski definition) is 1. The zero-order valence-electron chi connectivity index (χ0n) is 10.4. The van der Waals surface area contributed by atoms with Crippen molar-refractivity contribution in [2.24, 2.45) is 0 Å². The summed E-state index contributed by atoms with van der Waals surface area (Å²) in [7, 11) is -2.13. The van der Waals surface area contributed by atoms with Gasteiger partial charge in [-0.05, 0) is 24.1 Å². The number of aromatic nitrogens is 1. The Labute approximate surface area is 126 Å². The standard InChI is InChI=1S/C11H15IN2O4S/c1-18-11(15)10(12)8-14-19(16,17)7-4-9-2-5-13-6-3-9/h2-3,5-6,10,14H,4,7-8H2,1H3. The minimum absolute atomic E-state index is 0.0262. The van der Waals surface area contributed by atoms with Crippen LogP contribution in [-0.4, -0.2) is 42.7 Å². The van der Waals surface area contributed by atoms with Crippen LogP contribution in [0.3, 0.4) is 0 Å². The number of halogens is 1. The smallest absolute Gasteiger partial charge is 0.319 e. The molecule has 0 aromatic carbocycles. The third kappa shape index (κ3) is 6.30. The number of carbonyl (C=O) groups is 1. The highest BCUT2D eigenvalue weighted by atomic mass is 127. The maximum atomic E-state index is 11.7. The molecular weight excluding hydrogens is 383 g/mol. The molecule has 0 amide bonds. The van der Waals surface area contributed by atoms with Crippen molar-refractivity contribution in [3.63, 3.8) is 0 Å². The van der Waals surface area contributed by atoms with Gasteiger partial charge in [-0.1, -0.05) is 22.6 Å². The van der Waals surface area contributed by atoms with Crippen molar-refractivity contribution in [3.05, 3.63) is 30.1 Å². The molecular formula is C11H15IN2O4S. The number of esters is 1. The predicted molar refractivity (Wildman–Crippen MR) is 79.6 cm³/mol. The van der Waals surface area contributed by atoms with E-state index in [1.807, 2.05) is 22.6 Å². The van der Waals surface area contributed by atoms with E-state index in [4.69, 9.17) is 0 Å². The molecule has 1 aromatic heterocycles. The van der Waals surface area contributed by atoms with Gasteiger partial charge in [0, 0.05) is 18.9 Å². The second kappa shape index (κ2) is 7.75. The first-order chi connectivity index (χ1) is 8.94. The van der Waals surface area contributed by atoms with E-state index in [1.165, 1.54) is 7.11 Å². The summed E-state index contributed by atoms with van der Waals surface area (Å²) in [6.45, 7) is 0.0336. The number of carbonyl (C=O) groups excluding carboxylic acids is 1. The number of nitrogens with one attached hydrogen (secondary N) is 1. The van der Waals surface area contributed by atoms with E-state index in [-0.39, 0.29) is 12.3 Å². The Kier molecular flexibility index (Phi) is 6.66. The Morgan fingerprint density at radius 1 is 1.47 bits per heavy atom. The van der Waals surface area contributed by atoms with Gasteiger partial charge in [0.2, 0.25) is 10.0 Å². The summed E-state index contributed by atoms with van der Waals surface area (Å²) < 4.78 is 29.9. The van der Waals surface area contributed by atoms with Crippen molar-refractivity contribution in [2.75, 3.05) is 19.4 Å². The minimum atomic E-state index is -3.40. The van der Waals surface area contributed by atoms with Crippen molar-refractivity contribution in [3.8, 4) is 0 Å². The van der Waals surface area contributed by atoms with Gasteiger partial charge in [-0.25, -0.2) is 13.1 Å². The lowest BCUT2D eigenvalue weighted by Gasteiger charge is -2.10. The molecule has 19 heavy (non-hydrogen) atoms. The van der Waals surface area contributed by atoms with E-state index < -0.39 is 19.9 Å². The number of hydrogen-bond acceptors (Lipinski definition) is 5. The number of methoxy groups -OCH3 is 1. The van der Waals surface area contributed by atoms with Gasteiger partial charge >= 0.3 is 5.97 Å². The van der Waals surface area contributed by atoms with Gasteiger partial charge in [0.05, 0.1) is 12.9 Å². The van der Waals surface area contributed by atoms with Gasteiger partial charge in [-0.15, -0.1) is 0 Å². The highest BCUT2D eigenvalue weighted by Crippen LogP contribution is 2.03. The number of sulfonamides is 1. The summed E-state index contributed by atoms with van der Waals surface area (Å²) in [5, 5.41) is 0. The molecule has 0 aliphatic carbocycles. The summed E-state index contributed by atoms with van der Waals surface area (Å²) >= 11 is 1.84. The van der Waals surface area contributed by atoms with Crippen LogP contribution in [0.1, 0.15) is 5.56 Å². The van der Waals surface area contributed by atoms with E-state index in [0.717, 1.165) is 5.56 Å². The Balaban J connectivity index is 2.42. The summed E-state index contributed by atoms with van der Waals surface area (Å²) in [5.74, 6) is -0.473. The molecule has 106 valence electrons. The highest BCUT2D eigenvalue weighted by molar-refractivity contribution is 14.1. The molecule has 0 bridgehead atoms. The Bertz CT molecular complexity index is 507. The molecule has 0 aliphatic rings. The van der Waals surface area contributed by atoms with Crippen LogP contribution in [0.5, 0.6) is 0 Å². The van der Waals surface area contributed by atoms with Crippen LogP contribution in [-0.2, 0) is 26.0 Å². The van der Waals surface area contributed by atoms with E-state index in [2.05, 4.69) is 14.4 Å². The molecule has 0 saturated carbocycles. The maximum absolute atomic E-state index is 11.7. The zero-order valence-corrected chi connectivity index (χ0v) is 13.3. The average Bonchev–Trinajstić information content (AvgIpc) is 2.43. The molecule has 1 rings (SSSR count). The molecule has 1 atom stereocenters. The van der Waals surface area contributed by atoms with Crippen LogP contribution < -0.4 is 4.72 Å². The number of pyridine rings is 1. The molecule has 0 saturated heterocycles. The van der Waals surface area contributed by atoms with Gasteiger partial charge in [-0.2, -0.15) is 0 Å². The summed E-state index contributed by atoms with van der Waals surface area (Å²) in [4.78, 5) is 15.0. The van der Waals surface area contributed by atoms with Gasteiger partial charge in [0.1, 0.15) is 3.92 Å². The minimum Gasteiger partial charge on any atom is -0.468 e. The first-order valence-corrected chi connectivity index (χ1v) is 8.42. The van der Waals surface area contributed by atoms with Crippen molar-refractivity contribution < 1.29 is 17.9 Å². The number of alkyl halides is 1. The monoisotopic (exact) mass is 398 g/mol. The zero-order chi connectivity index (χ0) is 14.3. The van der Waals surface area contributed by atoms with E-state index in [1.54, 1.807) is 24.5 Å². The molecule has 0 radical (unpaired) electrons. The van der Waals surface area contributed by atoms with E-state index in [9.17, 15) is 13.2 Å². The topological polar surface area (TPSA) is 85.4 Å². The SMILES string of the molecule is COC(=O)C(I)CNS(=O)(=O)CCc1ccncc1. The largest absolute Gasteiger partial charge is 0.468 e. The lowest BCUT2D eigenvalue weighted by atomic mass is 10.2. The van der Waals surface area contributed by atoms with Crippen molar-refractivity contribution in [1.82, 2.24) is 9.71 Å². The summed E-state index contributed by atoms with van der Waals surface area (Å²) in [5.41, 5.74) is 0.902. The molecule has 0 fully saturated rings. The first kappa shape index (κ1) is 16.3. The van der Waals surface area contributed by atoms with Gasteiger partial charge in [0.15, 0.2) is 0 Å². The van der Waals surface area contributed by atoms with Crippen molar-refractivity contribution in [1.29, 1.82) is 0 Å². The predicted octanol–water partition coefficient (Wildman–Crippen LogP) is 0.520. The number of nitrogens with zero attached hydrogens (tertiary/aromatic N) is 1. The fourth-order valence-electron chi connectivity index (χ4n) is 1.29. The second-order valence-corrected chi connectivity index (χ2v) is 7.19. The second-order valence-electron chi connectivity index (χ2n) is 3.76. The third-order valence-electron chi connectivity index (χ3n) is 2.35. The molecule has 0 aliphatic heterocycles. The number of ether oxygens (including phenoxy) is 1. The normalized spacial score (nSPS) is 12.9.